The van der Waals surface area contributed by atoms with E-state index in [0.29, 0.717) is 17.8 Å². The molecule has 6 heteroatoms. The number of aromatic nitrogens is 1. The summed E-state index contributed by atoms with van der Waals surface area (Å²) in [6.45, 7) is 10.6. The molecule has 2 heterocycles. The lowest BCUT2D eigenvalue weighted by Crippen LogP contribution is -2.34. The molecule has 0 spiro atoms. The van der Waals surface area contributed by atoms with E-state index in [4.69, 9.17) is 10.7 Å². The molecule has 0 bridgehead atoms. The van der Waals surface area contributed by atoms with Crippen LogP contribution in [0.2, 0.25) is 0 Å². The van der Waals surface area contributed by atoms with E-state index in [0.717, 1.165) is 73.3 Å². The highest BCUT2D eigenvalue weighted by atomic mass is 16.2. The maximum Gasteiger partial charge on any atom is 0.258 e. The number of aryl methyl sites for hydroxylation is 1. The molecule has 1 aliphatic heterocycles. The number of benzene rings is 1. The van der Waals surface area contributed by atoms with Gasteiger partial charge in [0.2, 0.25) is 5.91 Å². The molecule has 1 aromatic carbocycles. The van der Waals surface area contributed by atoms with E-state index < -0.39 is 0 Å². The van der Waals surface area contributed by atoms with Crippen molar-refractivity contribution in [3.63, 3.8) is 0 Å². The summed E-state index contributed by atoms with van der Waals surface area (Å²) < 4.78 is 1.79. The number of hydrogen-bond donors (Lipinski definition) is 1. The van der Waals surface area contributed by atoms with E-state index >= 15 is 0 Å². The zero-order valence-corrected chi connectivity index (χ0v) is 22.0. The number of rotatable bonds is 8. The fourth-order valence-corrected chi connectivity index (χ4v) is 5.24. The molecule has 2 N–H and O–H groups in total. The van der Waals surface area contributed by atoms with Crippen LogP contribution in [0.4, 0.5) is 5.69 Å². The molecule has 1 unspecified atom stereocenters. The van der Waals surface area contributed by atoms with Crippen molar-refractivity contribution in [2.75, 3.05) is 13.1 Å². The summed E-state index contributed by atoms with van der Waals surface area (Å²) in [4.78, 5) is 32.8. The summed E-state index contributed by atoms with van der Waals surface area (Å²) in [5.74, 6) is 0.492. The van der Waals surface area contributed by atoms with E-state index in [1.54, 1.807) is 4.57 Å². The molecule has 4 rings (SSSR count). The summed E-state index contributed by atoms with van der Waals surface area (Å²) >= 11 is 0. The minimum Gasteiger partial charge on any atom is -0.387 e. The number of amidine groups is 1. The van der Waals surface area contributed by atoms with E-state index in [1.165, 1.54) is 0 Å². The number of carbonyl (C=O) groups excluding carboxylic acids is 1. The zero-order chi connectivity index (χ0) is 25.9. The lowest BCUT2D eigenvalue weighted by atomic mass is 9.73. The SMILES string of the molecule is CCCN(CCC)C(=O)C1=Cc2ccc(C3(C)C=Cc4c(ccn(CCC)c4=O)C3)cc2N=C(N)C1. The molecule has 0 fully saturated rings. The van der Waals surface area contributed by atoms with Gasteiger partial charge in [-0.1, -0.05) is 52.0 Å². The lowest BCUT2D eigenvalue weighted by Gasteiger charge is -2.31. The van der Waals surface area contributed by atoms with Crippen molar-refractivity contribution in [2.45, 2.75) is 71.8 Å². The van der Waals surface area contributed by atoms with Crippen LogP contribution in [0.3, 0.4) is 0 Å². The number of nitrogens with zero attached hydrogens (tertiary/aromatic N) is 3. The van der Waals surface area contributed by atoms with E-state index in [9.17, 15) is 9.59 Å². The Labute approximate surface area is 214 Å². The fraction of sp³-hybridized carbons (Fsp3) is 0.433. The number of fused-ring (bicyclic) bond motifs is 2. The van der Waals surface area contributed by atoms with Gasteiger partial charge >= 0.3 is 0 Å². The summed E-state index contributed by atoms with van der Waals surface area (Å²) in [6.07, 6.45) is 11.8. The fourth-order valence-electron chi connectivity index (χ4n) is 5.24. The zero-order valence-electron chi connectivity index (χ0n) is 22.0. The van der Waals surface area contributed by atoms with Gasteiger partial charge in [0, 0.05) is 54.4 Å². The third kappa shape index (κ3) is 5.08. The predicted octanol–water partition coefficient (Wildman–Crippen LogP) is 5.21. The number of carbonyl (C=O) groups is 1. The van der Waals surface area contributed by atoms with Crippen molar-refractivity contribution in [2.24, 2.45) is 10.7 Å². The number of amides is 1. The molecule has 2 aromatic rings. The van der Waals surface area contributed by atoms with Crippen LogP contribution < -0.4 is 11.3 Å². The van der Waals surface area contributed by atoms with Gasteiger partial charge in [-0.05, 0) is 55.0 Å². The number of nitrogens with two attached hydrogens (primary N) is 1. The molecule has 1 aromatic heterocycles. The predicted molar refractivity (Wildman–Crippen MR) is 149 cm³/mol. The van der Waals surface area contributed by atoms with Gasteiger partial charge in [-0.3, -0.25) is 9.59 Å². The summed E-state index contributed by atoms with van der Waals surface area (Å²) in [6, 6.07) is 8.30. The smallest absolute Gasteiger partial charge is 0.258 e. The lowest BCUT2D eigenvalue weighted by molar-refractivity contribution is -0.127. The highest BCUT2D eigenvalue weighted by molar-refractivity contribution is 6.05. The maximum atomic E-state index is 13.3. The number of allylic oxidation sites excluding steroid dienone is 1. The first-order chi connectivity index (χ1) is 17.3. The molecule has 36 heavy (non-hydrogen) atoms. The molecule has 1 amide bonds. The average Bonchev–Trinajstić information content (AvgIpc) is 3.02. The monoisotopic (exact) mass is 486 g/mol. The van der Waals surface area contributed by atoms with Crippen molar-refractivity contribution in [3.05, 3.63) is 74.7 Å². The second-order valence-electron chi connectivity index (χ2n) is 10.2. The molecule has 190 valence electrons. The largest absolute Gasteiger partial charge is 0.387 e. The molecule has 0 saturated heterocycles. The average molecular weight is 487 g/mol. The van der Waals surface area contributed by atoms with Crippen LogP contribution in [0.25, 0.3) is 12.2 Å². The molecule has 6 nitrogen and oxygen atoms in total. The van der Waals surface area contributed by atoms with E-state index in [-0.39, 0.29) is 16.9 Å². The van der Waals surface area contributed by atoms with Crippen molar-refractivity contribution >= 4 is 29.6 Å². The topological polar surface area (TPSA) is 80.7 Å². The normalized spacial score (nSPS) is 18.6. The van der Waals surface area contributed by atoms with Crippen molar-refractivity contribution < 1.29 is 4.79 Å². The van der Waals surface area contributed by atoms with E-state index in [2.05, 4.69) is 52.0 Å². The first-order valence-corrected chi connectivity index (χ1v) is 13.2. The van der Waals surface area contributed by atoms with Crippen LogP contribution in [0.15, 0.2) is 51.9 Å². The molecule has 1 aliphatic carbocycles. The summed E-state index contributed by atoms with van der Waals surface area (Å²) in [5.41, 5.74) is 11.4. The second kappa shape index (κ2) is 10.7. The minimum atomic E-state index is -0.274. The minimum absolute atomic E-state index is 0.0429. The molecular weight excluding hydrogens is 448 g/mol. The van der Waals surface area contributed by atoms with Crippen LogP contribution in [0.1, 0.15) is 75.6 Å². The van der Waals surface area contributed by atoms with Gasteiger partial charge in [-0.2, -0.15) is 0 Å². The Morgan fingerprint density at radius 1 is 1.14 bits per heavy atom. The van der Waals surface area contributed by atoms with Crippen LogP contribution >= 0.6 is 0 Å². The maximum absolute atomic E-state index is 13.3. The third-order valence-electron chi connectivity index (χ3n) is 7.14. The Kier molecular flexibility index (Phi) is 7.62. The summed E-state index contributed by atoms with van der Waals surface area (Å²) in [7, 11) is 0. The first kappa shape index (κ1) is 25.7. The Morgan fingerprint density at radius 2 is 1.89 bits per heavy atom. The number of aliphatic imine (C=N–C) groups is 1. The Morgan fingerprint density at radius 3 is 2.58 bits per heavy atom. The van der Waals surface area contributed by atoms with Crippen LogP contribution in [0, 0.1) is 0 Å². The molecule has 2 aliphatic rings. The molecule has 1 atom stereocenters. The van der Waals surface area contributed by atoms with Crippen LogP contribution in [-0.4, -0.2) is 34.3 Å². The second-order valence-corrected chi connectivity index (χ2v) is 10.2. The highest BCUT2D eigenvalue weighted by Gasteiger charge is 2.30. The summed E-state index contributed by atoms with van der Waals surface area (Å²) in [5, 5.41) is 0. The van der Waals surface area contributed by atoms with Crippen molar-refractivity contribution in [1.29, 1.82) is 0 Å². The van der Waals surface area contributed by atoms with Crippen LogP contribution in [0.5, 0.6) is 0 Å². The van der Waals surface area contributed by atoms with Gasteiger partial charge in [0.05, 0.1) is 5.69 Å². The number of pyridine rings is 1. The highest BCUT2D eigenvalue weighted by Crippen LogP contribution is 2.38. The van der Waals surface area contributed by atoms with Gasteiger partial charge < -0.3 is 15.2 Å². The Balaban J connectivity index is 1.67. The van der Waals surface area contributed by atoms with Gasteiger partial charge in [0.1, 0.15) is 5.84 Å². The Hall–Kier alpha value is -3.41. The van der Waals surface area contributed by atoms with Gasteiger partial charge in [-0.25, -0.2) is 4.99 Å². The van der Waals surface area contributed by atoms with Gasteiger partial charge in [-0.15, -0.1) is 0 Å². The van der Waals surface area contributed by atoms with E-state index in [1.807, 2.05) is 29.3 Å². The van der Waals surface area contributed by atoms with Crippen molar-refractivity contribution in [3.8, 4) is 0 Å². The first-order valence-electron chi connectivity index (χ1n) is 13.2. The van der Waals surface area contributed by atoms with Crippen molar-refractivity contribution in [1.82, 2.24) is 9.47 Å². The molecule has 0 radical (unpaired) electrons. The molecule has 0 saturated carbocycles. The quantitative estimate of drug-likeness (QED) is 0.556. The molecular formula is C30H38N4O2. The standard InChI is InChI=1S/C30H38N4O2/c1-5-13-33(14-6-2)28(35)23-17-21-8-9-24(19-26(21)32-27(31)18-23)30(4)12-10-25-22(20-30)11-16-34(15-7-3)29(25)36/h8-12,16-17,19H,5-7,13-15,18,20H2,1-4H3,(H2,31,32). The number of hydrogen-bond acceptors (Lipinski definition) is 4. The Bertz CT molecular complexity index is 1290. The third-order valence-corrected chi connectivity index (χ3v) is 7.14. The van der Waals surface area contributed by atoms with Gasteiger partial charge in [0.15, 0.2) is 0 Å². The van der Waals surface area contributed by atoms with Crippen LogP contribution in [-0.2, 0) is 23.2 Å². The van der Waals surface area contributed by atoms with Gasteiger partial charge in [0.25, 0.3) is 5.56 Å².